The van der Waals surface area contributed by atoms with Crippen molar-refractivity contribution in [3.8, 4) is 5.75 Å². The number of carbonyl (C=O) groups excluding carboxylic acids is 1. The van der Waals surface area contributed by atoms with Crippen LogP contribution in [0.1, 0.15) is 26.7 Å². The summed E-state index contributed by atoms with van der Waals surface area (Å²) in [6, 6.07) is 5.78. The van der Waals surface area contributed by atoms with Crippen molar-refractivity contribution in [2.24, 2.45) is 5.92 Å². The standard InChI is InChI=1S/C17H22N2O3S/c1-11(2)16(20)19(10-13-5-4-8-22-13)17-18-14-7-6-12(21-3)9-15(14)23-17/h6-7,9,11,13H,4-5,8,10H2,1-3H3. The smallest absolute Gasteiger partial charge is 0.231 e. The van der Waals surface area contributed by atoms with Crippen LogP contribution < -0.4 is 9.64 Å². The molecule has 1 unspecified atom stereocenters. The molecule has 1 aromatic heterocycles. The molecule has 2 heterocycles. The number of hydrogen-bond donors (Lipinski definition) is 0. The minimum absolute atomic E-state index is 0.0713. The highest BCUT2D eigenvalue weighted by Crippen LogP contribution is 2.32. The maximum absolute atomic E-state index is 12.6. The van der Waals surface area contributed by atoms with Gasteiger partial charge in [0.25, 0.3) is 0 Å². The SMILES string of the molecule is COc1ccc2nc(N(CC3CCCO3)C(=O)C(C)C)sc2c1. The third kappa shape index (κ3) is 3.48. The molecule has 6 heteroatoms. The summed E-state index contributed by atoms with van der Waals surface area (Å²) in [7, 11) is 1.65. The lowest BCUT2D eigenvalue weighted by molar-refractivity contribution is -0.121. The molecule has 2 aromatic rings. The first-order valence-corrected chi connectivity index (χ1v) is 8.77. The number of benzene rings is 1. The Morgan fingerprint density at radius 3 is 3.00 bits per heavy atom. The van der Waals surface area contributed by atoms with Crippen molar-refractivity contribution in [3.63, 3.8) is 0 Å². The average molecular weight is 334 g/mol. The summed E-state index contributed by atoms with van der Waals surface area (Å²) in [5.74, 6) is 0.818. The summed E-state index contributed by atoms with van der Waals surface area (Å²) in [6.45, 7) is 5.20. The van der Waals surface area contributed by atoms with E-state index in [0.717, 1.165) is 40.5 Å². The Bertz CT molecular complexity index is 692. The lowest BCUT2D eigenvalue weighted by atomic mass is 10.1. The van der Waals surface area contributed by atoms with Crippen LogP contribution in [0.3, 0.4) is 0 Å². The quantitative estimate of drug-likeness (QED) is 0.840. The predicted octanol–water partition coefficient (Wildman–Crippen LogP) is 3.47. The molecule has 1 atom stereocenters. The molecule has 0 N–H and O–H groups in total. The van der Waals surface area contributed by atoms with Crippen LogP contribution in [0.5, 0.6) is 5.75 Å². The third-order valence-corrected chi connectivity index (χ3v) is 5.03. The molecule has 0 spiro atoms. The number of amides is 1. The second kappa shape index (κ2) is 6.84. The molecule has 1 saturated heterocycles. The summed E-state index contributed by atoms with van der Waals surface area (Å²) >= 11 is 1.52. The lowest BCUT2D eigenvalue weighted by Gasteiger charge is -2.24. The number of fused-ring (bicyclic) bond motifs is 1. The zero-order valence-corrected chi connectivity index (χ0v) is 14.6. The Kier molecular flexibility index (Phi) is 4.82. The number of hydrogen-bond acceptors (Lipinski definition) is 5. The van der Waals surface area contributed by atoms with Crippen LogP contribution >= 0.6 is 11.3 Å². The number of aromatic nitrogens is 1. The van der Waals surface area contributed by atoms with Crippen molar-refractivity contribution >= 4 is 32.6 Å². The fourth-order valence-corrected chi connectivity index (χ4v) is 3.71. The van der Waals surface area contributed by atoms with E-state index >= 15 is 0 Å². The van der Waals surface area contributed by atoms with Gasteiger partial charge in [-0.25, -0.2) is 4.98 Å². The fourth-order valence-electron chi connectivity index (χ4n) is 2.70. The zero-order chi connectivity index (χ0) is 16.4. The van der Waals surface area contributed by atoms with Crippen molar-refractivity contribution < 1.29 is 14.3 Å². The first-order chi connectivity index (χ1) is 11.1. The molecule has 1 amide bonds. The van der Waals surface area contributed by atoms with E-state index in [2.05, 4.69) is 4.98 Å². The molecule has 124 valence electrons. The van der Waals surface area contributed by atoms with Gasteiger partial charge in [0.2, 0.25) is 5.91 Å². The van der Waals surface area contributed by atoms with Crippen molar-refractivity contribution in [3.05, 3.63) is 18.2 Å². The minimum Gasteiger partial charge on any atom is -0.497 e. The van der Waals surface area contributed by atoms with Gasteiger partial charge in [-0.2, -0.15) is 0 Å². The van der Waals surface area contributed by atoms with E-state index in [4.69, 9.17) is 9.47 Å². The van der Waals surface area contributed by atoms with E-state index in [1.165, 1.54) is 11.3 Å². The van der Waals surface area contributed by atoms with E-state index in [-0.39, 0.29) is 17.9 Å². The third-order valence-electron chi connectivity index (χ3n) is 3.99. The number of anilines is 1. The zero-order valence-electron chi connectivity index (χ0n) is 13.7. The highest BCUT2D eigenvalue weighted by Gasteiger charge is 2.27. The predicted molar refractivity (Wildman–Crippen MR) is 92.3 cm³/mol. The molecule has 3 rings (SSSR count). The topological polar surface area (TPSA) is 51.7 Å². The van der Waals surface area contributed by atoms with Crippen LogP contribution in [0.2, 0.25) is 0 Å². The Morgan fingerprint density at radius 2 is 2.35 bits per heavy atom. The van der Waals surface area contributed by atoms with E-state index in [1.807, 2.05) is 32.0 Å². The number of carbonyl (C=O) groups is 1. The number of nitrogens with zero attached hydrogens (tertiary/aromatic N) is 2. The van der Waals surface area contributed by atoms with E-state index in [1.54, 1.807) is 12.0 Å². The molecular weight excluding hydrogens is 312 g/mol. The largest absolute Gasteiger partial charge is 0.497 e. The van der Waals surface area contributed by atoms with Crippen LogP contribution in [0, 0.1) is 5.92 Å². The van der Waals surface area contributed by atoms with Gasteiger partial charge >= 0.3 is 0 Å². The average Bonchev–Trinajstić information content (AvgIpc) is 3.19. The first kappa shape index (κ1) is 16.2. The fraction of sp³-hybridized carbons (Fsp3) is 0.529. The Labute approximate surface area is 140 Å². The molecule has 0 radical (unpaired) electrons. The second-order valence-electron chi connectivity index (χ2n) is 6.07. The van der Waals surface area contributed by atoms with E-state index < -0.39 is 0 Å². The van der Waals surface area contributed by atoms with Gasteiger partial charge in [0.15, 0.2) is 5.13 Å². The highest BCUT2D eigenvalue weighted by atomic mass is 32.1. The summed E-state index contributed by atoms with van der Waals surface area (Å²) in [5.41, 5.74) is 0.889. The van der Waals surface area contributed by atoms with Gasteiger partial charge in [-0.05, 0) is 31.0 Å². The van der Waals surface area contributed by atoms with Gasteiger partial charge in [-0.1, -0.05) is 25.2 Å². The molecular formula is C17H22N2O3S. The van der Waals surface area contributed by atoms with Crippen LogP contribution in [0.15, 0.2) is 18.2 Å². The lowest BCUT2D eigenvalue weighted by Crippen LogP contribution is -2.39. The Hall–Kier alpha value is -1.66. The molecule has 1 aliphatic heterocycles. The number of ether oxygens (including phenoxy) is 2. The molecule has 1 aromatic carbocycles. The first-order valence-electron chi connectivity index (χ1n) is 7.96. The van der Waals surface area contributed by atoms with Crippen LogP contribution in [-0.4, -0.2) is 37.3 Å². The summed E-state index contributed by atoms with van der Waals surface area (Å²) in [4.78, 5) is 19.1. The molecule has 23 heavy (non-hydrogen) atoms. The van der Waals surface area contributed by atoms with Gasteiger partial charge in [-0.15, -0.1) is 0 Å². The number of thiazole rings is 1. The van der Waals surface area contributed by atoms with Crippen LogP contribution in [0.25, 0.3) is 10.2 Å². The molecule has 0 aliphatic carbocycles. The number of methoxy groups -OCH3 is 1. The van der Waals surface area contributed by atoms with Crippen LogP contribution in [-0.2, 0) is 9.53 Å². The molecule has 1 fully saturated rings. The summed E-state index contributed by atoms with van der Waals surface area (Å²) in [6.07, 6.45) is 2.17. The summed E-state index contributed by atoms with van der Waals surface area (Å²) in [5, 5.41) is 0.738. The normalized spacial score (nSPS) is 17.8. The Balaban J connectivity index is 1.92. The number of rotatable bonds is 5. The van der Waals surface area contributed by atoms with E-state index in [9.17, 15) is 4.79 Å². The Morgan fingerprint density at radius 1 is 1.52 bits per heavy atom. The van der Waals surface area contributed by atoms with Gasteiger partial charge in [0.1, 0.15) is 5.75 Å². The second-order valence-corrected chi connectivity index (χ2v) is 7.08. The van der Waals surface area contributed by atoms with Gasteiger partial charge in [-0.3, -0.25) is 9.69 Å². The van der Waals surface area contributed by atoms with Crippen molar-refractivity contribution in [2.75, 3.05) is 25.2 Å². The maximum atomic E-state index is 12.6. The summed E-state index contributed by atoms with van der Waals surface area (Å²) < 4.78 is 12.0. The molecule has 1 aliphatic rings. The van der Waals surface area contributed by atoms with Crippen molar-refractivity contribution in [2.45, 2.75) is 32.8 Å². The van der Waals surface area contributed by atoms with Gasteiger partial charge in [0.05, 0.1) is 30.0 Å². The molecule has 0 bridgehead atoms. The highest BCUT2D eigenvalue weighted by molar-refractivity contribution is 7.22. The molecule has 5 nitrogen and oxygen atoms in total. The van der Waals surface area contributed by atoms with Crippen LogP contribution in [0.4, 0.5) is 5.13 Å². The van der Waals surface area contributed by atoms with Crippen molar-refractivity contribution in [1.29, 1.82) is 0 Å². The van der Waals surface area contributed by atoms with Gasteiger partial charge < -0.3 is 9.47 Å². The monoisotopic (exact) mass is 334 g/mol. The van der Waals surface area contributed by atoms with Gasteiger partial charge in [0, 0.05) is 12.5 Å². The van der Waals surface area contributed by atoms with E-state index in [0.29, 0.717) is 6.54 Å². The maximum Gasteiger partial charge on any atom is 0.231 e. The van der Waals surface area contributed by atoms with Crippen molar-refractivity contribution in [1.82, 2.24) is 4.98 Å². The minimum atomic E-state index is -0.0713. The molecule has 0 saturated carbocycles.